The highest BCUT2D eigenvalue weighted by Gasteiger charge is 2.01. The summed E-state index contributed by atoms with van der Waals surface area (Å²) in [6.07, 6.45) is 2.65. The summed E-state index contributed by atoms with van der Waals surface area (Å²) in [6.45, 7) is 3.21. The summed E-state index contributed by atoms with van der Waals surface area (Å²) in [5, 5.41) is 13.4. The van der Waals surface area contributed by atoms with Crippen molar-refractivity contribution in [2.24, 2.45) is 7.05 Å². The molecule has 0 amide bonds. The number of hydrogen-bond donors (Lipinski definition) is 1. The second-order valence-electron chi connectivity index (χ2n) is 4.36. The van der Waals surface area contributed by atoms with E-state index in [1.54, 1.807) is 18.3 Å². The zero-order valence-electron chi connectivity index (χ0n) is 10.8. The van der Waals surface area contributed by atoms with E-state index < -0.39 is 0 Å². The van der Waals surface area contributed by atoms with Crippen molar-refractivity contribution in [3.8, 4) is 5.75 Å². The van der Waals surface area contributed by atoms with E-state index in [1.807, 2.05) is 30.8 Å². The van der Waals surface area contributed by atoms with E-state index >= 15 is 0 Å². The fourth-order valence-electron chi connectivity index (χ4n) is 1.85. The largest absolute Gasteiger partial charge is 0.508 e. The van der Waals surface area contributed by atoms with Crippen LogP contribution in [0.3, 0.4) is 0 Å². The maximum absolute atomic E-state index is 9.31. The molecule has 4 heteroatoms. The predicted octanol–water partition coefficient (Wildman–Crippen LogP) is 2.19. The second kappa shape index (κ2) is 5.69. The highest BCUT2D eigenvalue weighted by atomic mass is 16.5. The molecule has 1 heterocycles. The van der Waals surface area contributed by atoms with Crippen LogP contribution in [0.4, 0.5) is 0 Å². The van der Waals surface area contributed by atoms with Crippen LogP contribution in [0.15, 0.2) is 30.5 Å². The van der Waals surface area contributed by atoms with Gasteiger partial charge in [0.25, 0.3) is 0 Å². The molecular formula is C14H18N2O2. The van der Waals surface area contributed by atoms with Crippen LogP contribution < -0.4 is 0 Å². The summed E-state index contributed by atoms with van der Waals surface area (Å²) in [4.78, 5) is 0. The topological polar surface area (TPSA) is 47.3 Å². The van der Waals surface area contributed by atoms with Crippen LogP contribution in [0.25, 0.3) is 0 Å². The minimum Gasteiger partial charge on any atom is -0.508 e. The second-order valence-corrected chi connectivity index (χ2v) is 4.36. The first-order chi connectivity index (χ1) is 8.66. The summed E-state index contributed by atoms with van der Waals surface area (Å²) < 4.78 is 7.50. The first kappa shape index (κ1) is 12.6. The van der Waals surface area contributed by atoms with Gasteiger partial charge in [-0.15, -0.1) is 0 Å². The van der Waals surface area contributed by atoms with Gasteiger partial charge in [0, 0.05) is 25.4 Å². The third-order valence-corrected chi connectivity index (χ3v) is 3.01. The molecule has 1 aromatic carbocycles. The van der Waals surface area contributed by atoms with Gasteiger partial charge in [-0.05, 0) is 36.2 Å². The summed E-state index contributed by atoms with van der Waals surface area (Å²) in [7, 11) is 1.93. The molecule has 96 valence electrons. The Balaban J connectivity index is 1.80. The summed E-state index contributed by atoms with van der Waals surface area (Å²) in [5.74, 6) is 0.297. The van der Waals surface area contributed by atoms with Crippen molar-refractivity contribution in [3.05, 3.63) is 47.3 Å². The van der Waals surface area contributed by atoms with Crippen LogP contribution >= 0.6 is 0 Å². The lowest BCUT2D eigenvalue weighted by atomic mass is 10.1. The van der Waals surface area contributed by atoms with Gasteiger partial charge in [0.1, 0.15) is 5.75 Å². The summed E-state index contributed by atoms with van der Waals surface area (Å²) in [6, 6.07) is 7.33. The van der Waals surface area contributed by atoms with Crippen molar-refractivity contribution in [3.63, 3.8) is 0 Å². The Labute approximate surface area is 107 Å². The van der Waals surface area contributed by atoms with Crippen LogP contribution in [0.1, 0.15) is 16.8 Å². The zero-order chi connectivity index (χ0) is 13.0. The maximum atomic E-state index is 9.31. The van der Waals surface area contributed by atoms with E-state index in [-0.39, 0.29) is 0 Å². The van der Waals surface area contributed by atoms with Gasteiger partial charge in [-0.3, -0.25) is 4.68 Å². The Morgan fingerprint density at radius 2 is 2.17 bits per heavy atom. The van der Waals surface area contributed by atoms with Crippen molar-refractivity contribution >= 4 is 0 Å². The normalized spacial score (nSPS) is 10.8. The molecule has 1 N–H and O–H groups in total. The van der Waals surface area contributed by atoms with Crippen LogP contribution in [-0.4, -0.2) is 21.5 Å². The minimum atomic E-state index is 0.297. The van der Waals surface area contributed by atoms with E-state index in [2.05, 4.69) is 5.10 Å². The molecule has 0 aliphatic carbocycles. The van der Waals surface area contributed by atoms with Crippen LogP contribution in [0.2, 0.25) is 0 Å². The molecular weight excluding hydrogens is 228 g/mol. The first-order valence-corrected chi connectivity index (χ1v) is 6.00. The van der Waals surface area contributed by atoms with E-state index in [9.17, 15) is 5.11 Å². The molecule has 1 aromatic heterocycles. The maximum Gasteiger partial charge on any atom is 0.115 e. The zero-order valence-corrected chi connectivity index (χ0v) is 10.8. The SMILES string of the molecule is Cc1cc(O)ccc1COCCc1ccnn1C. The quantitative estimate of drug-likeness (QED) is 0.823. The van der Waals surface area contributed by atoms with Gasteiger partial charge in [-0.25, -0.2) is 0 Å². The number of aromatic nitrogens is 2. The lowest BCUT2D eigenvalue weighted by Gasteiger charge is -2.08. The number of aryl methyl sites for hydroxylation is 2. The highest BCUT2D eigenvalue weighted by molar-refractivity contribution is 5.33. The smallest absolute Gasteiger partial charge is 0.115 e. The molecule has 4 nitrogen and oxygen atoms in total. The first-order valence-electron chi connectivity index (χ1n) is 6.00. The fourth-order valence-corrected chi connectivity index (χ4v) is 1.85. The van der Waals surface area contributed by atoms with Crippen molar-refractivity contribution < 1.29 is 9.84 Å². The molecule has 18 heavy (non-hydrogen) atoms. The molecule has 2 aromatic rings. The van der Waals surface area contributed by atoms with E-state index in [0.29, 0.717) is 19.0 Å². The molecule has 0 aliphatic rings. The van der Waals surface area contributed by atoms with E-state index in [0.717, 1.165) is 23.2 Å². The number of rotatable bonds is 5. The lowest BCUT2D eigenvalue weighted by Crippen LogP contribution is -2.04. The van der Waals surface area contributed by atoms with Gasteiger partial charge < -0.3 is 9.84 Å². The van der Waals surface area contributed by atoms with Crippen molar-refractivity contribution in [2.75, 3.05) is 6.61 Å². The van der Waals surface area contributed by atoms with E-state index in [1.165, 1.54) is 0 Å². The molecule has 0 saturated heterocycles. The Hall–Kier alpha value is -1.81. The lowest BCUT2D eigenvalue weighted by molar-refractivity contribution is 0.122. The average Bonchev–Trinajstić information content (AvgIpc) is 2.73. The van der Waals surface area contributed by atoms with Gasteiger partial charge in [0.2, 0.25) is 0 Å². The highest BCUT2D eigenvalue weighted by Crippen LogP contribution is 2.16. The average molecular weight is 246 g/mol. The molecule has 0 unspecified atom stereocenters. The number of aromatic hydroxyl groups is 1. The monoisotopic (exact) mass is 246 g/mol. The number of phenols is 1. The summed E-state index contributed by atoms with van der Waals surface area (Å²) >= 11 is 0. The fraction of sp³-hybridized carbons (Fsp3) is 0.357. The molecule has 0 atom stereocenters. The molecule has 0 bridgehead atoms. The molecule has 0 fully saturated rings. The number of phenolic OH excluding ortho intramolecular Hbond substituents is 1. The molecule has 0 spiro atoms. The molecule has 0 saturated carbocycles. The molecule has 2 rings (SSSR count). The standard InChI is InChI=1S/C14H18N2O2/c1-11-9-14(17)4-3-12(11)10-18-8-6-13-5-7-15-16(13)2/h3-5,7,9,17H,6,8,10H2,1-2H3. The Bertz CT molecular complexity index is 520. The Morgan fingerprint density at radius 3 is 2.83 bits per heavy atom. The van der Waals surface area contributed by atoms with Gasteiger partial charge >= 0.3 is 0 Å². The van der Waals surface area contributed by atoms with Crippen molar-refractivity contribution in [2.45, 2.75) is 20.0 Å². The number of benzene rings is 1. The van der Waals surface area contributed by atoms with Crippen LogP contribution in [0, 0.1) is 6.92 Å². The molecule has 0 aliphatic heterocycles. The van der Waals surface area contributed by atoms with Crippen LogP contribution in [-0.2, 0) is 24.8 Å². The number of nitrogens with zero attached hydrogens (tertiary/aromatic N) is 2. The van der Waals surface area contributed by atoms with Gasteiger partial charge in [-0.1, -0.05) is 6.07 Å². The van der Waals surface area contributed by atoms with E-state index in [4.69, 9.17) is 4.74 Å². The molecule has 0 radical (unpaired) electrons. The van der Waals surface area contributed by atoms with Crippen LogP contribution in [0.5, 0.6) is 5.75 Å². The van der Waals surface area contributed by atoms with Crippen molar-refractivity contribution in [1.82, 2.24) is 9.78 Å². The third kappa shape index (κ3) is 3.11. The Morgan fingerprint density at radius 1 is 1.33 bits per heavy atom. The van der Waals surface area contributed by atoms with Crippen molar-refractivity contribution in [1.29, 1.82) is 0 Å². The van der Waals surface area contributed by atoms with Gasteiger partial charge in [-0.2, -0.15) is 5.10 Å². The van der Waals surface area contributed by atoms with Gasteiger partial charge in [0.05, 0.1) is 13.2 Å². The number of ether oxygens (including phenoxy) is 1. The predicted molar refractivity (Wildman–Crippen MR) is 69.4 cm³/mol. The Kier molecular flexibility index (Phi) is 3.99. The summed E-state index contributed by atoms with van der Waals surface area (Å²) in [5.41, 5.74) is 3.32. The van der Waals surface area contributed by atoms with Gasteiger partial charge in [0.15, 0.2) is 0 Å². The third-order valence-electron chi connectivity index (χ3n) is 3.01. The minimum absolute atomic E-state index is 0.297. The number of hydrogen-bond acceptors (Lipinski definition) is 3.